The molecular formula is C25H23NO2S. The third-order valence-electron chi connectivity index (χ3n) is 6.48. The van der Waals surface area contributed by atoms with Gasteiger partial charge in [-0.05, 0) is 65.8 Å². The van der Waals surface area contributed by atoms with Crippen LogP contribution in [0.2, 0.25) is 0 Å². The predicted molar refractivity (Wildman–Crippen MR) is 116 cm³/mol. The monoisotopic (exact) mass is 401 g/mol. The lowest BCUT2D eigenvalue weighted by Gasteiger charge is -2.34. The molecule has 2 aliphatic rings. The summed E-state index contributed by atoms with van der Waals surface area (Å²) in [6, 6.07) is 22.0. The Morgan fingerprint density at radius 3 is 2.31 bits per heavy atom. The second kappa shape index (κ2) is 6.15. The molecule has 0 radical (unpaired) electrons. The molecule has 29 heavy (non-hydrogen) atoms. The highest BCUT2D eigenvalue weighted by Gasteiger charge is 2.58. The zero-order chi connectivity index (χ0) is 20.4. The van der Waals surface area contributed by atoms with Gasteiger partial charge >= 0.3 is 0 Å². The van der Waals surface area contributed by atoms with E-state index < -0.39 is 15.6 Å². The Hall–Kier alpha value is -2.69. The Bertz CT molecular complexity index is 1290. The molecule has 0 saturated carbocycles. The van der Waals surface area contributed by atoms with Crippen LogP contribution in [0.25, 0.3) is 5.57 Å². The third-order valence-corrected chi connectivity index (χ3v) is 8.00. The predicted octanol–water partition coefficient (Wildman–Crippen LogP) is 5.04. The maximum Gasteiger partial charge on any atom is 0.242 e. The van der Waals surface area contributed by atoms with E-state index in [4.69, 9.17) is 0 Å². The molecule has 1 N–H and O–H groups in total. The van der Waals surface area contributed by atoms with Crippen molar-refractivity contribution in [2.45, 2.75) is 37.1 Å². The van der Waals surface area contributed by atoms with Gasteiger partial charge in [0.15, 0.2) is 0 Å². The van der Waals surface area contributed by atoms with Gasteiger partial charge in [0, 0.05) is 5.92 Å². The number of fused-ring (bicyclic) bond motifs is 4. The highest BCUT2D eigenvalue weighted by atomic mass is 32.2. The average molecular weight is 402 g/mol. The highest BCUT2D eigenvalue weighted by molar-refractivity contribution is 7.90. The van der Waals surface area contributed by atoms with Crippen molar-refractivity contribution in [1.82, 2.24) is 4.72 Å². The lowest BCUT2D eigenvalue weighted by molar-refractivity contribution is 0.464. The molecule has 0 saturated heterocycles. The van der Waals surface area contributed by atoms with E-state index in [1.54, 1.807) is 12.1 Å². The number of aryl methyl sites for hydroxylation is 2. The molecule has 0 fully saturated rings. The second-order valence-corrected chi connectivity index (χ2v) is 9.63. The SMILES string of the molecule is C/C=C1/c2ccccc2[C@]2(NS(=O)(=O)c3ccccc32)[C@H]1c1ccc(C)c(C)c1. The summed E-state index contributed by atoms with van der Waals surface area (Å²) < 4.78 is 29.5. The van der Waals surface area contributed by atoms with Gasteiger partial charge in [0.05, 0.1) is 10.4 Å². The quantitative estimate of drug-likeness (QED) is 0.621. The van der Waals surface area contributed by atoms with Crippen molar-refractivity contribution in [3.8, 4) is 0 Å². The minimum absolute atomic E-state index is 0.136. The molecular weight excluding hydrogens is 378 g/mol. The average Bonchev–Trinajstić information content (AvgIpc) is 3.13. The zero-order valence-electron chi connectivity index (χ0n) is 16.7. The molecule has 3 aromatic carbocycles. The summed E-state index contributed by atoms with van der Waals surface area (Å²) in [5, 5.41) is 0. The fraction of sp³-hybridized carbons (Fsp3) is 0.200. The molecule has 5 rings (SSSR count). The normalized spacial score (nSPS) is 25.3. The molecule has 0 unspecified atom stereocenters. The van der Waals surface area contributed by atoms with E-state index in [1.165, 1.54) is 11.1 Å². The Kier molecular flexibility index (Phi) is 3.89. The summed E-state index contributed by atoms with van der Waals surface area (Å²) in [4.78, 5) is 0.376. The number of allylic oxidation sites excluding steroid dienone is 1. The van der Waals surface area contributed by atoms with Gasteiger partial charge in [-0.2, -0.15) is 4.72 Å². The first-order chi connectivity index (χ1) is 13.9. The molecule has 0 bridgehead atoms. The second-order valence-electron chi connectivity index (χ2n) is 7.98. The van der Waals surface area contributed by atoms with Crippen molar-refractivity contribution in [3.05, 3.63) is 106 Å². The summed E-state index contributed by atoms with van der Waals surface area (Å²) >= 11 is 0. The smallest absolute Gasteiger partial charge is 0.207 e. The molecule has 0 aromatic heterocycles. The van der Waals surface area contributed by atoms with Crippen LogP contribution < -0.4 is 4.72 Å². The van der Waals surface area contributed by atoms with Gasteiger partial charge in [-0.25, -0.2) is 8.42 Å². The largest absolute Gasteiger partial charge is 0.242 e. The first-order valence-electron chi connectivity index (χ1n) is 9.87. The number of hydrogen-bond acceptors (Lipinski definition) is 2. The van der Waals surface area contributed by atoms with Gasteiger partial charge in [-0.3, -0.25) is 0 Å². The van der Waals surface area contributed by atoms with E-state index >= 15 is 0 Å². The van der Waals surface area contributed by atoms with E-state index in [0.29, 0.717) is 4.90 Å². The number of hydrogen-bond donors (Lipinski definition) is 1. The number of sulfonamides is 1. The molecule has 4 heteroatoms. The Morgan fingerprint density at radius 1 is 0.897 bits per heavy atom. The summed E-state index contributed by atoms with van der Waals surface area (Å²) in [7, 11) is -3.61. The first-order valence-corrected chi connectivity index (χ1v) is 11.3. The van der Waals surface area contributed by atoms with Crippen LogP contribution in [0.1, 0.15) is 46.2 Å². The molecule has 3 aromatic rings. The lowest BCUT2D eigenvalue weighted by Crippen LogP contribution is -2.43. The van der Waals surface area contributed by atoms with Crippen LogP contribution in [0.5, 0.6) is 0 Å². The molecule has 1 heterocycles. The van der Waals surface area contributed by atoms with E-state index in [1.807, 2.05) is 31.2 Å². The van der Waals surface area contributed by atoms with E-state index in [2.05, 4.69) is 55.0 Å². The molecule has 1 aliphatic carbocycles. The topological polar surface area (TPSA) is 46.2 Å². The van der Waals surface area contributed by atoms with Gasteiger partial charge in [0.2, 0.25) is 10.0 Å². The van der Waals surface area contributed by atoms with Crippen molar-refractivity contribution in [1.29, 1.82) is 0 Å². The summed E-state index contributed by atoms with van der Waals surface area (Å²) in [6.07, 6.45) is 2.13. The fourth-order valence-corrected chi connectivity index (χ4v) is 6.73. The fourth-order valence-electron chi connectivity index (χ4n) is 5.08. The highest BCUT2D eigenvalue weighted by Crippen LogP contribution is 2.60. The summed E-state index contributed by atoms with van der Waals surface area (Å²) in [5.41, 5.74) is 6.83. The van der Waals surface area contributed by atoms with Crippen molar-refractivity contribution >= 4 is 15.6 Å². The molecule has 3 nitrogen and oxygen atoms in total. The van der Waals surface area contributed by atoms with Gasteiger partial charge in [-0.15, -0.1) is 0 Å². The standard InChI is InChI=1S/C25H23NO2S/c1-4-19-20-9-5-6-10-21(20)25(24(19)18-14-13-16(2)17(3)15-18)22-11-7-8-12-23(22)29(27,28)26-25/h4-15,24,26H,1-3H3/b19-4-/t24-,25+/m0/s1. The zero-order valence-corrected chi connectivity index (χ0v) is 17.5. The molecule has 2 atom stereocenters. The molecule has 1 aliphatic heterocycles. The molecule has 146 valence electrons. The maximum absolute atomic E-state index is 13.2. The van der Waals surface area contributed by atoms with Crippen LogP contribution in [0, 0.1) is 13.8 Å². The van der Waals surface area contributed by atoms with E-state index in [-0.39, 0.29) is 5.92 Å². The summed E-state index contributed by atoms with van der Waals surface area (Å²) in [6.45, 7) is 6.24. The van der Waals surface area contributed by atoms with E-state index in [9.17, 15) is 8.42 Å². The van der Waals surface area contributed by atoms with Crippen LogP contribution in [0.4, 0.5) is 0 Å². The van der Waals surface area contributed by atoms with Gasteiger partial charge < -0.3 is 0 Å². The van der Waals surface area contributed by atoms with Crippen molar-refractivity contribution in [2.75, 3.05) is 0 Å². The van der Waals surface area contributed by atoms with Crippen molar-refractivity contribution in [3.63, 3.8) is 0 Å². The Balaban J connectivity index is 1.91. The number of rotatable bonds is 1. The number of benzene rings is 3. The first kappa shape index (κ1) is 18.3. The Morgan fingerprint density at radius 2 is 1.59 bits per heavy atom. The summed E-state index contributed by atoms with van der Waals surface area (Å²) in [5.74, 6) is -0.136. The minimum atomic E-state index is -3.61. The molecule has 1 spiro atoms. The minimum Gasteiger partial charge on any atom is -0.207 e. The van der Waals surface area contributed by atoms with Gasteiger partial charge in [0.25, 0.3) is 0 Å². The van der Waals surface area contributed by atoms with Crippen LogP contribution >= 0.6 is 0 Å². The van der Waals surface area contributed by atoms with Crippen molar-refractivity contribution < 1.29 is 8.42 Å². The maximum atomic E-state index is 13.2. The van der Waals surface area contributed by atoms with Crippen LogP contribution in [-0.4, -0.2) is 8.42 Å². The lowest BCUT2D eigenvalue weighted by atomic mass is 9.73. The van der Waals surface area contributed by atoms with Gasteiger partial charge in [0.1, 0.15) is 0 Å². The van der Waals surface area contributed by atoms with E-state index in [0.717, 1.165) is 27.8 Å². The Labute approximate surface area is 172 Å². The van der Waals surface area contributed by atoms with Crippen LogP contribution in [0.3, 0.4) is 0 Å². The third kappa shape index (κ3) is 2.36. The van der Waals surface area contributed by atoms with Gasteiger partial charge in [-0.1, -0.05) is 66.7 Å². The number of nitrogens with one attached hydrogen (secondary N) is 1. The molecule has 0 amide bonds. The van der Waals surface area contributed by atoms with Crippen LogP contribution in [0.15, 0.2) is 77.7 Å². The van der Waals surface area contributed by atoms with Crippen molar-refractivity contribution in [2.24, 2.45) is 0 Å². The van der Waals surface area contributed by atoms with Crippen LogP contribution in [-0.2, 0) is 15.6 Å².